The van der Waals surface area contributed by atoms with Crippen LogP contribution < -0.4 is 10.0 Å². The van der Waals surface area contributed by atoms with Crippen LogP contribution in [0.4, 0.5) is 11.4 Å². The quantitative estimate of drug-likeness (QED) is 0.575. The van der Waals surface area contributed by atoms with Gasteiger partial charge in [-0.2, -0.15) is 0 Å². The Labute approximate surface area is 170 Å². The maximum atomic E-state index is 12.8. The van der Waals surface area contributed by atoms with Gasteiger partial charge in [0.2, 0.25) is 0 Å². The zero-order valence-corrected chi connectivity index (χ0v) is 17.0. The van der Waals surface area contributed by atoms with Crippen molar-refractivity contribution >= 4 is 27.3 Å². The van der Waals surface area contributed by atoms with Crippen molar-refractivity contribution in [2.75, 3.05) is 10.0 Å². The number of hydrogen-bond donors (Lipinski definition) is 3. The molecule has 0 heterocycles. The number of nitrogens with one attached hydrogen (secondary N) is 2. The Balaban J connectivity index is 1.81. The number of benzene rings is 3. The van der Waals surface area contributed by atoms with Gasteiger partial charge in [0.15, 0.2) is 0 Å². The Morgan fingerprint density at radius 1 is 0.931 bits per heavy atom. The summed E-state index contributed by atoms with van der Waals surface area (Å²) in [5.74, 6) is -0.382. The molecule has 0 aliphatic heterocycles. The number of anilines is 2. The summed E-state index contributed by atoms with van der Waals surface area (Å²) in [6.07, 6.45) is 0. The molecule has 0 bridgehead atoms. The van der Waals surface area contributed by atoms with Crippen molar-refractivity contribution in [1.82, 2.24) is 0 Å². The fourth-order valence-electron chi connectivity index (χ4n) is 2.88. The van der Waals surface area contributed by atoms with Crippen LogP contribution in [0.2, 0.25) is 0 Å². The van der Waals surface area contributed by atoms with E-state index in [1.165, 1.54) is 6.07 Å². The minimum atomic E-state index is -3.79. The summed E-state index contributed by atoms with van der Waals surface area (Å²) < 4.78 is 28.1. The van der Waals surface area contributed by atoms with Crippen molar-refractivity contribution in [1.29, 1.82) is 0 Å². The number of carbonyl (C=O) groups is 1. The van der Waals surface area contributed by atoms with Crippen LogP contribution in [-0.4, -0.2) is 19.4 Å². The van der Waals surface area contributed by atoms with E-state index in [-0.39, 0.29) is 17.4 Å². The first-order valence-electron chi connectivity index (χ1n) is 9.00. The molecule has 0 unspecified atom stereocenters. The normalized spacial score (nSPS) is 11.1. The smallest absolute Gasteiger partial charge is 0.262 e. The van der Waals surface area contributed by atoms with Crippen LogP contribution >= 0.6 is 0 Å². The van der Waals surface area contributed by atoms with E-state index in [9.17, 15) is 18.3 Å². The fraction of sp³-hybridized carbons (Fsp3) is 0.136. The van der Waals surface area contributed by atoms with Crippen molar-refractivity contribution in [2.24, 2.45) is 0 Å². The van der Waals surface area contributed by atoms with E-state index < -0.39 is 10.0 Å². The molecule has 3 aromatic carbocycles. The third-order valence-corrected chi connectivity index (χ3v) is 5.90. The molecule has 0 spiro atoms. The first kappa shape index (κ1) is 20.6. The van der Waals surface area contributed by atoms with Gasteiger partial charge in [0.05, 0.1) is 11.5 Å². The van der Waals surface area contributed by atoms with Crippen molar-refractivity contribution in [3.8, 4) is 0 Å². The number of carbonyl (C=O) groups excluding carboxylic acids is 1. The van der Waals surface area contributed by atoms with Gasteiger partial charge in [-0.25, -0.2) is 8.42 Å². The molecule has 150 valence electrons. The molecule has 0 aromatic heterocycles. The molecule has 0 fully saturated rings. The first-order chi connectivity index (χ1) is 13.8. The molecule has 7 heteroatoms. The summed E-state index contributed by atoms with van der Waals surface area (Å²) in [7, 11) is -3.79. The average Bonchev–Trinajstić information content (AvgIpc) is 2.69. The number of amides is 1. The van der Waals surface area contributed by atoms with Crippen molar-refractivity contribution < 1.29 is 18.3 Å². The largest absolute Gasteiger partial charge is 0.392 e. The summed E-state index contributed by atoms with van der Waals surface area (Å²) in [6.45, 7) is 3.44. The molecule has 0 aliphatic carbocycles. The zero-order valence-electron chi connectivity index (χ0n) is 16.1. The zero-order chi connectivity index (χ0) is 21.0. The molecule has 0 radical (unpaired) electrons. The molecule has 3 N–H and O–H groups in total. The Hall–Kier alpha value is -3.16. The number of aryl methyl sites for hydroxylation is 2. The Bertz CT molecular complexity index is 1160. The van der Waals surface area contributed by atoms with Crippen LogP contribution in [0.25, 0.3) is 0 Å². The third-order valence-electron chi connectivity index (χ3n) is 4.38. The van der Waals surface area contributed by atoms with Gasteiger partial charge in [-0.15, -0.1) is 0 Å². The molecule has 3 aromatic rings. The summed E-state index contributed by atoms with van der Waals surface area (Å²) in [5.41, 5.74) is 3.30. The molecule has 0 saturated carbocycles. The second kappa shape index (κ2) is 8.46. The highest BCUT2D eigenvalue weighted by Crippen LogP contribution is 2.22. The average molecular weight is 410 g/mol. The van der Waals surface area contributed by atoms with Gasteiger partial charge in [0.25, 0.3) is 15.9 Å². The maximum absolute atomic E-state index is 12.8. The van der Waals surface area contributed by atoms with Crippen LogP contribution in [0.1, 0.15) is 27.0 Å². The van der Waals surface area contributed by atoms with Crippen LogP contribution in [0.3, 0.4) is 0 Å². The molecule has 0 aliphatic rings. The third kappa shape index (κ3) is 5.01. The first-order valence-corrected chi connectivity index (χ1v) is 10.5. The lowest BCUT2D eigenvalue weighted by atomic mass is 10.1. The van der Waals surface area contributed by atoms with E-state index in [0.717, 1.165) is 5.56 Å². The second-order valence-electron chi connectivity index (χ2n) is 6.77. The lowest BCUT2D eigenvalue weighted by molar-refractivity contribution is 0.102. The second-order valence-corrected chi connectivity index (χ2v) is 8.42. The van der Waals surface area contributed by atoms with Gasteiger partial charge in [0, 0.05) is 16.9 Å². The van der Waals surface area contributed by atoms with Crippen LogP contribution in [0, 0.1) is 13.8 Å². The number of sulfonamides is 1. The molecular weight excluding hydrogens is 388 g/mol. The number of rotatable bonds is 6. The molecule has 29 heavy (non-hydrogen) atoms. The summed E-state index contributed by atoms with van der Waals surface area (Å²) in [5, 5.41) is 12.0. The van der Waals surface area contributed by atoms with Gasteiger partial charge in [-0.1, -0.05) is 30.3 Å². The highest BCUT2D eigenvalue weighted by atomic mass is 32.2. The molecule has 1 amide bonds. The highest BCUT2D eigenvalue weighted by Gasteiger charge is 2.18. The molecular formula is C22H22N2O4S. The molecule has 3 rings (SSSR count). The Morgan fingerprint density at radius 2 is 1.66 bits per heavy atom. The van der Waals surface area contributed by atoms with Gasteiger partial charge in [-0.3, -0.25) is 9.52 Å². The lowest BCUT2D eigenvalue weighted by Crippen LogP contribution is -2.16. The predicted molar refractivity (Wildman–Crippen MR) is 113 cm³/mol. The summed E-state index contributed by atoms with van der Waals surface area (Å²) in [4.78, 5) is 12.8. The van der Waals surface area contributed by atoms with Crippen molar-refractivity contribution in [3.63, 3.8) is 0 Å². The Kier molecular flexibility index (Phi) is 6.00. The number of aliphatic hydroxyl groups excluding tert-OH is 1. The molecule has 0 saturated heterocycles. The van der Waals surface area contributed by atoms with E-state index in [2.05, 4.69) is 10.0 Å². The van der Waals surface area contributed by atoms with E-state index >= 15 is 0 Å². The van der Waals surface area contributed by atoms with E-state index in [1.54, 1.807) is 61.5 Å². The lowest BCUT2D eigenvalue weighted by Gasteiger charge is -2.12. The van der Waals surface area contributed by atoms with Crippen LogP contribution in [0.15, 0.2) is 71.6 Å². The van der Waals surface area contributed by atoms with Crippen molar-refractivity contribution in [3.05, 3.63) is 89.0 Å². The van der Waals surface area contributed by atoms with Crippen molar-refractivity contribution in [2.45, 2.75) is 25.3 Å². The maximum Gasteiger partial charge on any atom is 0.262 e. The predicted octanol–water partition coefficient (Wildman–Crippen LogP) is 3.85. The summed E-state index contributed by atoms with van der Waals surface area (Å²) in [6, 6.07) is 18.4. The number of hydrogen-bond acceptors (Lipinski definition) is 4. The fourth-order valence-corrected chi connectivity index (χ4v) is 4.26. The minimum Gasteiger partial charge on any atom is -0.392 e. The van der Waals surface area contributed by atoms with E-state index in [4.69, 9.17) is 0 Å². The van der Waals surface area contributed by atoms with Crippen LogP contribution in [0.5, 0.6) is 0 Å². The van der Waals surface area contributed by atoms with Crippen LogP contribution in [-0.2, 0) is 16.6 Å². The topological polar surface area (TPSA) is 95.5 Å². The standard InChI is InChI=1S/C22H22N2O4S/c1-15-9-10-16(2)21(11-15)29(27,28)24-20-8-4-6-18(13-20)22(26)23-19-7-3-5-17(12-19)14-25/h3-13,24-25H,14H2,1-2H3,(H,23,26). The SMILES string of the molecule is Cc1ccc(C)c(S(=O)(=O)Nc2cccc(C(=O)Nc3cccc(CO)c3)c2)c1. The number of aliphatic hydroxyl groups is 1. The summed E-state index contributed by atoms with van der Waals surface area (Å²) >= 11 is 0. The van der Waals surface area contributed by atoms with Gasteiger partial charge < -0.3 is 10.4 Å². The van der Waals surface area contributed by atoms with E-state index in [1.807, 2.05) is 13.0 Å². The minimum absolute atomic E-state index is 0.126. The van der Waals surface area contributed by atoms with Gasteiger partial charge in [-0.05, 0) is 66.9 Å². The van der Waals surface area contributed by atoms with E-state index in [0.29, 0.717) is 28.1 Å². The highest BCUT2D eigenvalue weighted by molar-refractivity contribution is 7.92. The molecule has 6 nitrogen and oxygen atoms in total. The Morgan fingerprint density at radius 3 is 2.41 bits per heavy atom. The monoisotopic (exact) mass is 410 g/mol. The van der Waals surface area contributed by atoms with Gasteiger partial charge in [0.1, 0.15) is 0 Å². The molecule has 0 atom stereocenters. The van der Waals surface area contributed by atoms with Gasteiger partial charge >= 0.3 is 0 Å².